The van der Waals surface area contributed by atoms with E-state index in [1.54, 1.807) is 19.1 Å². The predicted octanol–water partition coefficient (Wildman–Crippen LogP) is 1.73. The highest BCUT2D eigenvalue weighted by Crippen LogP contribution is 2.17. The van der Waals surface area contributed by atoms with Gasteiger partial charge in [-0.15, -0.1) is 0 Å². The van der Waals surface area contributed by atoms with Crippen molar-refractivity contribution < 1.29 is 9.50 Å². The molecule has 0 bridgehead atoms. The molecule has 1 rings (SSSR count). The largest absolute Gasteiger partial charge is 0.392 e. The van der Waals surface area contributed by atoms with Crippen molar-refractivity contribution in [2.45, 2.75) is 26.0 Å². The molecule has 0 aromatic heterocycles. The van der Waals surface area contributed by atoms with Gasteiger partial charge in [0.1, 0.15) is 5.82 Å². The van der Waals surface area contributed by atoms with E-state index >= 15 is 0 Å². The van der Waals surface area contributed by atoms with Crippen LogP contribution in [0, 0.1) is 17.1 Å². The molecular formula is C12H15FN2O. The number of hydrogen-bond donors (Lipinski definition) is 2. The predicted molar refractivity (Wildman–Crippen MR) is 59.2 cm³/mol. The van der Waals surface area contributed by atoms with Gasteiger partial charge in [0.15, 0.2) is 0 Å². The van der Waals surface area contributed by atoms with E-state index in [1.807, 2.05) is 13.0 Å². The zero-order chi connectivity index (χ0) is 12.1. The molecule has 2 atom stereocenters. The van der Waals surface area contributed by atoms with E-state index in [-0.39, 0.29) is 6.04 Å². The summed E-state index contributed by atoms with van der Waals surface area (Å²) in [7, 11) is 0. The molecule has 0 aliphatic heterocycles. The van der Waals surface area contributed by atoms with E-state index in [2.05, 4.69) is 5.32 Å². The molecule has 1 aromatic carbocycles. The van der Waals surface area contributed by atoms with Crippen molar-refractivity contribution in [2.24, 2.45) is 0 Å². The van der Waals surface area contributed by atoms with Gasteiger partial charge in [-0.2, -0.15) is 5.26 Å². The summed E-state index contributed by atoms with van der Waals surface area (Å²) in [5, 5.41) is 20.7. The minimum Gasteiger partial charge on any atom is -0.392 e. The van der Waals surface area contributed by atoms with Crippen LogP contribution in [0.3, 0.4) is 0 Å². The first kappa shape index (κ1) is 12.6. The van der Waals surface area contributed by atoms with Crippen LogP contribution >= 0.6 is 0 Å². The fraction of sp³-hybridized carbons (Fsp3) is 0.417. The summed E-state index contributed by atoms with van der Waals surface area (Å²) >= 11 is 0. The highest BCUT2D eigenvalue weighted by molar-refractivity contribution is 5.34. The van der Waals surface area contributed by atoms with Crippen molar-refractivity contribution in [3.63, 3.8) is 0 Å². The number of rotatable bonds is 4. The second-order valence-electron chi connectivity index (χ2n) is 3.83. The van der Waals surface area contributed by atoms with Gasteiger partial charge in [0, 0.05) is 18.2 Å². The minimum atomic E-state index is -0.469. The van der Waals surface area contributed by atoms with E-state index < -0.39 is 11.9 Å². The van der Waals surface area contributed by atoms with Gasteiger partial charge in [-0.3, -0.25) is 0 Å². The third-order valence-corrected chi connectivity index (χ3v) is 2.32. The van der Waals surface area contributed by atoms with Crippen molar-refractivity contribution >= 4 is 0 Å². The summed E-state index contributed by atoms with van der Waals surface area (Å²) in [4.78, 5) is 0. The molecule has 2 unspecified atom stereocenters. The van der Waals surface area contributed by atoms with Crippen LogP contribution in [0.4, 0.5) is 4.39 Å². The molecule has 2 N–H and O–H groups in total. The van der Waals surface area contributed by atoms with Crippen LogP contribution in [0.5, 0.6) is 0 Å². The quantitative estimate of drug-likeness (QED) is 0.815. The third-order valence-electron chi connectivity index (χ3n) is 2.32. The lowest BCUT2D eigenvalue weighted by atomic mass is 10.1. The van der Waals surface area contributed by atoms with Crippen molar-refractivity contribution in [3.8, 4) is 6.07 Å². The van der Waals surface area contributed by atoms with Gasteiger partial charge < -0.3 is 10.4 Å². The summed E-state index contributed by atoms with van der Waals surface area (Å²) in [5.41, 5.74) is 0.809. The fourth-order valence-corrected chi connectivity index (χ4v) is 1.41. The summed E-state index contributed by atoms with van der Waals surface area (Å²) in [6, 6.07) is 6.08. The molecule has 0 amide bonds. The Morgan fingerprint density at radius 2 is 2.19 bits per heavy atom. The standard InChI is InChI=1S/C12H15FN2O/c1-8(16)7-15-9(2)11-4-3-10(6-14)5-12(11)13/h3-5,8-9,15-16H,7H2,1-2H3. The number of nitriles is 1. The minimum absolute atomic E-state index is 0.192. The van der Waals surface area contributed by atoms with Crippen LogP contribution < -0.4 is 5.32 Å². The number of hydrogen-bond acceptors (Lipinski definition) is 3. The molecule has 3 nitrogen and oxygen atoms in total. The lowest BCUT2D eigenvalue weighted by molar-refractivity contribution is 0.187. The number of aliphatic hydroxyl groups is 1. The Labute approximate surface area is 94.5 Å². The van der Waals surface area contributed by atoms with E-state index in [0.29, 0.717) is 17.7 Å². The fourth-order valence-electron chi connectivity index (χ4n) is 1.41. The summed E-state index contributed by atoms with van der Waals surface area (Å²) < 4.78 is 13.6. The molecule has 0 saturated carbocycles. The van der Waals surface area contributed by atoms with Crippen LogP contribution in [-0.4, -0.2) is 17.8 Å². The van der Waals surface area contributed by atoms with Gasteiger partial charge in [0.2, 0.25) is 0 Å². The van der Waals surface area contributed by atoms with Gasteiger partial charge in [-0.05, 0) is 26.0 Å². The molecule has 0 fully saturated rings. The maximum atomic E-state index is 13.6. The average Bonchev–Trinajstić information content (AvgIpc) is 2.25. The summed E-state index contributed by atoms with van der Waals surface area (Å²) in [5.74, 6) is -0.398. The Balaban J connectivity index is 2.76. The maximum Gasteiger partial charge on any atom is 0.129 e. The second-order valence-corrected chi connectivity index (χ2v) is 3.83. The Hall–Kier alpha value is -1.44. The maximum absolute atomic E-state index is 13.6. The molecule has 86 valence electrons. The van der Waals surface area contributed by atoms with Crippen LogP contribution in [0.15, 0.2) is 18.2 Å². The molecule has 0 saturated heterocycles. The Kier molecular flexibility index (Phi) is 4.41. The van der Waals surface area contributed by atoms with Crippen LogP contribution in [-0.2, 0) is 0 Å². The SMILES string of the molecule is CC(O)CNC(C)c1ccc(C#N)cc1F. The Bertz CT molecular complexity index is 398. The second kappa shape index (κ2) is 5.59. The molecular weight excluding hydrogens is 207 g/mol. The highest BCUT2D eigenvalue weighted by Gasteiger charge is 2.11. The lowest BCUT2D eigenvalue weighted by Gasteiger charge is -2.16. The average molecular weight is 222 g/mol. The molecule has 0 aliphatic carbocycles. The summed E-state index contributed by atoms with van der Waals surface area (Å²) in [6.45, 7) is 3.88. The van der Waals surface area contributed by atoms with Crippen molar-refractivity contribution in [1.82, 2.24) is 5.32 Å². The van der Waals surface area contributed by atoms with Crippen molar-refractivity contribution in [1.29, 1.82) is 5.26 Å². The molecule has 0 radical (unpaired) electrons. The normalized spacial score (nSPS) is 14.2. The van der Waals surface area contributed by atoms with Gasteiger partial charge in [0.05, 0.1) is 17.7 Å². The number of nitrogens with zero attached hydrogens (tertiary/aromatic N) is 1. The van der Waals surface area contributed by atoms with Crippen LogP contribution in [0.2, 0.25) is 0 Å². The van der Waals surface area contributed by atoms with E-state index in [4.69, 9.17) is 10.4 Å². The zero-order valence-corrected chi connectivity index (χ0v) is 9.37. The van der Waals surface area contributed by atoms with Gasteiger partial charge in [-0.1, -0.05) is 6.07 Å². The smallest absolute Gasteiger partial charge is 0.129 e. The van der Waals surface area contributed by atoms with E-state index in [1.165, 1.54) is 6.07 Å². The first-order chi connectivity index (χ1) is 7.54. The number of halogens is 1. The molecule has 0 spiro atoms. The monoisotopic (exact) mass is 222 g/mol. The molecule has 4 heteroatoms. The first-order valence-electron chi connectivity index (χ1n) is 5.15. The van der Waals surface area contributed by atoms with Crippen molar-refractivity contribution in [3.05, 3.63) is 35.1 Å². The van der Waals surface area contributed by atoms with Gasteiger partial charge >= 0.3 is 0 Å². The lowest BCUT2D eigenvalue weighted by Crippen LogP contribution is -2.27. The van der Waals surface area contributed by atoms with Gasteiger partial charge in [0.25, 0.3) is 0 Å². The van der Waals surface area contributed by atoms with Crippen LogP contribution in [0.1, 0.15) is 31.0 Å². The number of nitrogens with one attached hydrogen (secondary N) is 1. The van der Waals surface area contributed by atoms with E-state index in [0.717, 1.165) is 0 Å². The zero-order valence-electron chi connectivity index (χ0n) is 9.37. The highest BCUT2D eigenvalue weighted by atomic mass is 19.1. The van der Waals surface area contributed by atoms with Gasteiger partial charge in [-0.25, -0.2) is 4.39 Å². The first-order valence-corrected chi connectivity index (χ1v) is 5.15. The number of benzene rings is 1. The Morgan fingerprint density at radius 1 is 1.50 bits per heavy atom. The number of aliphatic hydroxyl groups excluding tert-OH is 1. The van der Waals surface area contributed by atoms with E-state index in [9.17, 15) is 4.39 Å². The summed E-state index contributed by atoms with van der Waals surface area (Å²) in [6.07, 6.45) is -0.469. The third kappa shape index (κ3) is 3.30. The Morgan fingerprint density at radius 3 is 2.69 bits per heavy atom. The topological polar surface area (TPSA) is 56.0 Å². The van der Waals surface area contributed by atoms with Crippen molar-refractivity contribution in [2.75, 3.05) is 6.54 Å². The molecule has 0 aliphatic rings. The van der Waals surface area contributed by atoms with Crippen LogP contribution in [0.25, 0.3) is 0 Å². The molecule has 0 heterocycles. The molecule has 1 aromatic rings. The molecule has 16 heavy (non-hydrogen) atoms.